The zero-order chi connectivity index (χ0) is 23.5. The Kier molecular flexibility index (Phi) is 6.28. The summed E-state index contributed by atoms with van der Waals surface area (Å²) in [5.74, 6) is -0.479. The minimum absolute atomic E-state index is 0.0701. The summed E-state index contributed by atoms with van der Waals surface area (Å²) in [5.41, 5.74) is 10.2. The predicted molar refractivity (Wildman–Crippen MR) is 110 cm³/mol. The number of anilines is 1. The number of nitrogens with zero attached hydrogens (tertiary/aromatic N) is 2. The molecule has 1 heterocycles. The molecule has 3 aromatic rings. The van der Waals surface area contributed by atoms with Crippen molar-refractivity contribution in [2.75, 3.05) is 5.32 Å². The van der Waals surface area contributed by atoms with Crippen LogP contribution in [0.3, 0.4) is 0 Å². The predicted octanol–water partition coefficient (Wildman–Crippen LogP) is 3.34. The molecule has 2 aromatic carbocycles. The average Bonchev–Trinajstić information content (AvgIpc) is 2.73. The molecule has 1 unspecified atom stereocenters. The molecule has 5 N–H and O–H groups in total. The van der Waals surface area contributed by atoms with Gasteiger partial charge in [0.2, 0.25) is 5.91 Å². The minimum Gasteiger partial charge on any atom is -0.457 e. The van der Waals surface area contributed by atoms with E-state index in [0.717, 1.165) is 12.1 Å². The van der Waals surface area contributed by atoms with E-state index >= 15 is 0 Å². The highest BCUT2D eigenvalue weighted by molar-refractivity contribution is 5.92. The number of carbonyl (C=O) groups excluding carboxylic acids is 2. The fraction of sp³-hybridized carbons (Fsp3) is 0.143. The molecule has 8 nitrogen and oxygen atoms in total. The van der Waals surface area contributed by atoms with Crippen LogP contribution in [0.1, 0.15) is 23.0 Å². The molecule has 0 radical (unpaired) electrons. The van der Waals surface area contributed by atoms with Crippen molar-refractivity contribution >= 4 is 17.6 Å². The lowest BCUT2D eigenvalue weighted by atomic mass is 10.2. The van der Waals surface area contributed by atoms with Gasteiger partial charge in [-0.1, -0.05) is 0 Å². The number of carbonyl (C=O) groups is 2. The SMILES string of the molecule is CC(Nc1cc(C(N)=O)nc(-c2ccc(Oc3ccc(C(F)(F)F)cc3)cc2)n1)C(N)=O. The van der Waals surface area contributed by atoms with Gasteiger partial charge in [-0.05, 0) is 55.5 Å². The molecular formula is C21H18F3N5O3. The standard InChI is InChI=1S/C21H18F3N5O3/c1-11(18(25)30)27-17-10-16(19(26)31)28-20(29-17)12-2-6-14(7-3-12)32-15-8-4-13(5-9-15)21(22,23)24/h2-11H,1H3,(H2,25,30)(H2,26,31)(H,27,28,29). The number of rotatable bonds is 7. The van der Waals surface area contributed by atoms with Gasteiger partial charge in [-0.25, -0.2) is 9.97 Å². The molecule has 1 atom stereocenters. The van der Waals surface area contributed by atoms with E-state index in [0.29, 0.717) is 11.3 Å². The van der Waals surface area contributed by atoms with E-state index in [1.807, 2.05) is 0 Å². The van der Waals surface area contributed by atoms with Crippen molar-refractivity contribution in [3.63, 3.8) is 0 Å². The Balaban J connectivity index is 1.82. The van der Waals surface area contributed by atoms with Crippen molar-refractivity contribution in [2.24, 2.45) is 11.5 Å². The van der Waals surface area contributed by atoms with Crippen LogP contribution in [0.4, 0.5) is 19.0 Å². The van der Waals surface area contributed by atoms with Crippen LogP contribution in [0.2, 0.25) is 0 Å². The lowest BCUT2D eigenvalue weighted by Gasteiger charge is -2.13. The number of halogens is 3. The highest BCUT2D eigenvalue weighted by Crippen LogP contribution is 2.31. The van der Waals surface area contributed by atoms with E-state index in [9.17, 15) is 22.8 Å². The van der Waals surface area contributed by atoms with Crippen LogP contribution in [0.5, 0.6) is 11.5 Å². The number of benzene rings is 2. The number of amides is 2. The van der Waals surface area contributed by atoms with Gasteiger partial charge >= 0.3 is 6.18 Å². The van der Waals surface area contributed by atoms with Gasteiger partial charge in [-0.3, -0.25) is 9.59 Å². The van der Waals surface area contributed by atoms with Crippen molar-refractivity contribution in [2.45, 2.75) is 19.1 Å². The Morgan fingerprint density at radius 2 is 1.53 bits per heavy atom. The van der Waals surface area contributed by atoms with Crippen molar-refractivity contribution < 1.29 is 27.5 Å². The first-order valence-corrected chi connectivity index (χ1v) is 9.23. The lowest BCUT2D eigenvalue weighted by molar-refractivity contribution is -0.137. The summed E-state index contributed by atoms with van der Waals surface area (Å²) < 4.78 is 43.5. The van der Waals surface area contributed by atoms with Crippen LogP contribution in [-0.2, 0) is 11.0 Å². The van der Waals surface area contributed by atoms with Crippen LogP contribution in [0, 0.1) is 0 Å². The van der Waals surface area contributed by atoms with Gasteiger partial charge in [-0.15, -0.1) is 0 Å². The van der Waals surface area contributed by atoms with Crippen molar-refractivity contribution in [1.82, 2.24) is 9.97 Å². The van der Waals surface area contributed by atoms with E-state index < -0.39 is 29.6 Å². The molecule has 2 amide bonds. The second-order valence-corrected chi connectivity index (χ2v) is 6.74. The van der Waals surface area contributed by atoms with Crippen LogP contribution < -0.4 is 21.5 Å². The van der Waals surface area contributed by atoms with Crippen LogP contribution >= 0.6 is 0 Å². The Labute approximate surface area is 180 Å². The highest BCUT2D eigenvalue weighted by atomic mass is 19.4. The number of nitrogens with two attached hydrogens (primary N) is 2. The molecule has 0 fully saturated rings. The highest BCUT2D eigenvalue weighted by Gasteiger charge is 2.30. The summed E-state index contributed by atoms with van der Waals surface area (Å²) in [7, 11) is 0. The summed E-state index contributed by atoms with van der Waals surface area (Å²) in [6.07, 6.45) is -4.43. The molecule has 0 bridgehead atoms. The fourth-order valence-corrected chi connectivity index (χ4v) is 2.59. The first-order valence-electron chi connectivity index (χ1n) is 9.23. The maximum Gasteiger partial charge on any atom is 0.416 e. The minimum atomic E-state index is -4.43. The molecule has 0 saturated carbocycles. The Hall–Kier alpha value is -4.15. The zero-order valence-electron chi connectivity index (χ0n) is 16.7. The quantitative estimate of drug-likeness (QED) is 0.511. The van der Waals surface area contributed by atoms with Crippen LogP contribution in [0.15, 0.2) is 54.6 Å². The summed E-state index contributed by atoms with van der Waals surface area (Å²) in [6.45, 7) is 1.53. The van der Waals surface area contributed by atoms with Crippen LogP contribution in [0.25, 0.3) is 11.4 Å². The second-order valence-electron chi connectivity index (χ2n) is 6.74. The van der Waals surface area contributed by atoms with Gasteiger partial charge < -0.3 is 21.5 Å². The molecule has 3 rings (SSSR count). The molecule has 0 spiro atoms. The molecule has 0 aliphatic rings. The molecule has 0 aliphatic carbocycles. The summed E-state index contributed by atoms with van der Waals surface area (Å²) >= 11 is 0. The van der Waals surface area contributed by atoms with Crippen LogP contribution in [-0.4, -0.2) is 27.8 Å². The average molecular weight is 445 g/mol. The number of primary amides is 2. The third kappa shape index (κ3) is 5.50. The number of hydrogen-bond donors (Lipinski definition) is 3. The fourth-order valence-electron chi connectivity index (χ4n) is 2.59. The molecule has 0 aliphatic heterocycles. The lowest BCUT2D eigenvalue weighted by Crippen LogP contribution is -2.33. The van der Waals surface area contributed by atoms with Gasteiger partial charge in [0, 0.05) is 11.6 Å². The number of alkyl halides is 3. The van der Waals surface area contributed by atoms with E-state index in [1.165, 1.54) is 25.1 Å². The summed E-state index contributed by atoms with van der Waals surface area (Å²) in [5, 5.41) is 2.77. The zero-order valence-corrected chi connectivity index (χ0v) is 16.7. The summed E-state index contributed by atoms with van der Waals surface area (Å²) in [6, 6.07) is 11.1. The largest absolute Gasteiger partial charge is 0.457 e. The third-order valence-electron chi connectivity index (χ3n) is 4.30. The van der Waals surface area contributed by atoms with Gasteiger partial charge in [0.15, 0.2) is 5.82 Å². The molecular weight excluding hydrogens is 427 g/mol. The van der Waals surface area contributed by atoms with Crippen molar-refractivity contribution in [1.29, 1.82) is 0 Å². The maximum absolute atomic E-state index is 12.7. The third-order valence-corrected chi connectivity index (χ3v) is 4.30. The first kappa shape index (κ1) is 22.5. The monoisotopic (exact) mass is 445 g/mol. The van der Waals surface area contributed by atoms with Gasteiger partial charge in [0.1, 0.15) is 29.1 Å². The molecule has 32 heavy (non-hydrogen) atoms. The van der Waals surface area contributed by atoms with Crippen molar-refractivity contribution in [3.05, 3.63) is 65.9 Å². The van der Waals surface area contributed by atoms with Crippen molar-refractivity contribution in [3.8, 4) is 22.9 Å². The number of hydrogen-bond acceptors (Lipinski definition) is 6. The smallest absolute Gasteiger partial charge is 0.416 e. The Bertz CT molecular complexity index is 1130. The molecule has 0 saturated heterocycles. The topological polar surface area (TPSA) is 133 Å². The molecule has 11 heteroatoms. The van der Waals surface area contributed by atoms with E-state index in [-0.39, 0.29) is 23.1 Å². The number of aromatic nitrogens is 2. The Morgan fingerprint density at radius 3 is 2.03 bits per heavy atom. The number of nitrogens with one attached hydrogen (secondary N) is 1. The molecule has 166 valence electrons. The van der Waals surface area contributed by atoms with Gasteiger partial charge in [-0.2, -0.15) is 13.2 Å². The first-order chi connectivity index (χ1) is 15.0. The van der Waals surface area contributed by atoms with E-state index in [4.69, 9.17) is 16.2 Å². The van der Waals surface area contributed by atoms with E-state index in [1.54, 1.807) is 24.3 Å². The Morgan fingerprint density at radius 1 is 0.969 bits per heavy atom. The van der Waals surface area contributed by atoms with Gasteiger partial charge in [0.05, 0.1) is 5.56 Å². The van der Waals surface area contributed by atoms with Gasteiger partial charge in [0.25, 0.3) is 5.91 Å². The molecule has 1 aromatic heterocycles. The van der Waals surface area contributed by atoms with E-state index in [2.05, 4.69) is 15.3 Å². The second kappa shape index (κ2) is 8.92. The maximum atomic E-state index is 12.7. The normalized spacial score (nSPS) is 12.1. The number of ether oxygens (including phenoxy) is 1. The summed E-state index contributed by atoms with van der Waals surface area (Å²) in [4.78, 5) is 31.3.